The number of aliphatic hydroxyl groups is 2. The molecule has 0 aromatic carbocycles. The van der Waals surface area contributed by atoms with Crippen molar-refractivity contribution in [3.8, 4) is 0 Å². The molecule has 2 bridgehead atoms. The molecule has 2 N–H and O–H groups in total. The smallest absolute Gasteiger partial charge is 0.138 e. The van der Waals surface area contributed by atoms with Crippen LogP contribution in [0.25, 0.3) is 0 Å². The summed E-state index contributed by atoms with van der Waals surface area (Å²) in [6, 6.07) is 0.464. The van der Waals surface area contributed by atoms with Gasteiger partial charge in [-0.05, 0) is 56.8 Å². The first-order chi connectivity index (χ1) is 18.0. The number of hydrogen-bond donors (Lipinski definition) is 2. The van der Waals surface area contributed by atoms with E-state index in [0.717, 1.165) is 50.8 Å². The Morgan fingerprint density at radius 3 is 2.38 bits per heavy atom. The van der Waals surface area contributed by atoms with Crippen molar-refractivity contribution in [3.05, 3.63) is 34.6 Å². The van der Waals surface area contributed by atoms with E-state index in [4.69, 9.17) is 4.74 Å². The molecule has 37 heavy (non-hydrogen) atoms. The lowest BCUT2D eigenvalue weighted by atomic mass is 9.50. The third-order valence-corrected chi connectivity index (χ3v) is 10.6. The SMILES string of the molecule is CCCCCCCCC1=C[C@H]2[C@H]3CC4=CCC(O)(CCCCCCCC)C5=C4[C@@]2(CCN3C)[C@@H](O5)[C@H]1O. The number of unbranched alkanes of at least 4 members (excludes halogenated alkanes) is 10. The van der Waals surface area contributed by atoms with Crippen LogP contribution >= 0.6 is 0 Å². The number of ether oxygens (including phenoxy) is 1. The van der Waals surface area contributed by atoms with Crippen LogP contribution in [-0.4, -0.2) is 52.6 Å². The van der Waals surface area contributed by atoms with E-state index in [0.29, 0.717) is 18.4 Å². The van der Waals surface area contributed by atoms with E-state index in [1.807, 2.05) is 0 Å². The Hall–Kier alpha value is -1.10. The van der Waals surface area contributed by atoms with Crippen molar-refractivity contribution >= 4 is 0 Å². The summed E-state index contributed by atoms with van der Waals surface area (Å²) in [7, 11) is 2.28. The van der Waals surface area contributed by atoms with Gasteiger partial charge in [-0.15, -0.1) is 0 Å². The molecule has 0 aromatic rings. The fourth-order valence-electron chi connectivity index (χ4n) is 8.43. The molecule has 1 unspecified atom stereocenters. The van der Waals surface area contributed by atoms with Gasteiger partial charge in [-0.3, -0.25) is 0 Å². The molecule has 5 aliphatic rings. The zero-order chi connectivity index (χ0) is 26.0. The molecule has 3 aliphatic carbocycles. The third-order valence-electron chi connectivity index (χ3n) is 10.6. The van der Waals surface area contributed by atoms with Gasteiger partial charge in [-0.1, -0.05) is 96.6 Å². The van der Waals surface area contributed by atoms with E-state index in [1.165, 1.54) is 80.9 Å². The lowest BCUT2D eigenvalue weighted by Crippen LogP contribution is -2.63. The van der Waals surface area contributed by atoms with E-state index < -0.39 is 11.7 Å². The number of hydrogen-bond acceptors (Lipinski definition) is 4. The molecular weight excluding hydrogens is 458 g/mol. The molecular formula is C33H53NO3. The quantitative estimate of drug-likeness (QED) is 0.191. The Labute approximate surface area is 226 Å². The Bertz CT molecular complexity index is 905. The van der Waals surface area contributed by atoms with E-state index in [9.17, 15) is 10.2 Å². The molecule has 1 saturated carbocycles. The molecule has 1 spiro atoms. The molecule has 6 atom stereocenters. The topological polar surface area (TPSA) is 52.9 Å². The highest BCUT2D eigenvalue weighted by atomic mass is 16.5. The second kappa shape index (κ2) is 11.6. The van der Waals surface area contributed by atoms with Crippen molar-refractivity contribution in [1.82, 2.24) is 4.90 Å². The zero-order valence-electron chi connectivity index (χ0n) is 23.9. The van der Waals surface area contributed by atoms with E-state index >= 15 is 0 Å². The average molecular weight is 512 g/mol. The van der Waals surface area contributed by atoms with Crippen LogP contribution in [0.5, 0.6) is 0 Å². The maximum absolute atomic E-state index is 12.0. The minimum atomic E-state index is -0.907. The lowest BCUT2D eigenvalue weighted by Gasteiger charge is -2.59. The average Bonchev–Trinajstić information content (AvgIpc) is 3.25. The standard InChI is InChI=1S/C33H53NO3/c1-4-6-8-10-12-14-16-25-22-26-27-23-24-17-19-32(36,18-15-13-11-9-7-5-2)30-28(24)33(26,20-21-34(27)3)31(37-30)29(25)35/h17,22,26-27,29,31,35-36H,4-16,18-21,23H2,1-3H3/t26-,27+,29-,31-,32?,33-/m0/s1. The van der Waals surface area contributed by atoms with Crippen LogP contribution in [0.15, 0.2) is 34.6 Å². The lowest BCUT2D eigenvalue weighted by molar-refractivity contribution is -0.108. The zero-order valence-corrected chi connectivity index (χ0v) is 23.9. The molecule has 2 heterocycles. The molecule has 4 heteroatoms. The highest BCUT2D eigenvalue weighted by molar-refractivity contribution is 5.55. The van der Waals surface area contributed by atoms with Gasteiger partial charge in [0.05, 0.1) is 0 Å². The van der Waals surface area contributed by atoms with Crippen molar-refractivity contribution in [2.24, 2.45) is 11.3 Å². The Kier molecular flexibility index (Phi) is 8.58. The summed E-state index contributed by atoms with van der Waals surface area (Å²) in [5, 5.41) is 23.8. The Balaban J connectivity index is 1.36. The van der Waals surface area contributed by atoms with Crippen molar-refractivity contribution in [2.75, 3.05) is 13.6 Å². The van der Waals surface area contributed by atoms with Gasteiger partial charge in [-0.2, -0.15) is 0 Å². The number of nitrogens with zero attached hydrogens (tertiary/aromatic N) is 1. The second-order valence-electron chi connectivity index (χ2n) is 13.0. The summed E-state index contributed by atoms with van der Waals surface area (Å²) >= 11 is 0. The predicted octanol–water partition coefficient (Wildman–Crippen LogP) is 7.21. The predicted molar refractivity (Wildman–Crippen MR) is 151 cm³/mol. The van der Waals surface area contributed by atoms with Gasteiger partial charge in [-0.25, -0.2) is 0 Å². The monoisotopic (exact) mass is 511 g/mol. The van der Waals surface area contributed by atoms with Crippen molar-refractivity contribution in [2.45, 2.75) is 147 Å². The molecule has 4 nitrogen and oxygen atoms in total. The Morgan fingerprint density at radius 2 is 1.65 bits per heavy atom. The summed E-state index contributed by atoms with van der Waals surface area (Å²) in [4.78, 5) is 2.55. The number of rotatable bonds is 14. The van der Waals surface area contributed by atoms with Crippen LogP contribution < -0.4 is 0 Å². The fourth-order valence-corrected chi connectivity index (χ4v) is 8.43. The molecule has 2 fully saturated rings. The highest BCUT2D eigenvalue weighted by Gasteiger charge is 2.68. The minimum Gasteiger partial charge on any atom is -0.487 e. The van der Waals surface area contributed by atoms with Crippen molar-refractivity contribution in [3.63, 3.8) is 0 Å². The third kappa shape index (κ3) is 4.89. The molecule has 5 rings (SSSR count). The van der Waals surface area contributed by atoms with Crippen molar-refractivity contribution < 1.29 is 14.9 Å². The van der Waals surface area contributed by atoms with Crippen LogP contribution in [0.4, 0.5) is 0 Å². The fraction of sp³-hybridized carbons (Fsp3) is 0.818. The molecule has 0 radical (unpaired) electrons. The van der Waals surface area contributed by atoms with Gasteiger partial charge in [0.1, 0.15) is 23.6 Å². The highest BCUT2D eigenvalue weighted by Crippen LogP contribution is 2.67. The molecule has 1 saturated heterocycles. The Morgan fingerprint density at radius 1 is 0.973 bits per heavy atom. The van der Waals surface area contributed by atoms with Crippen molar-refractivity contribution in [1.29, 1.82) is 0 Å². The summed E-state index contributed by atoms with van der Waals surface area (Å²) in [5.74, 6) is 1.22. The van der Waals surface area contributed by atoms with Gasteiger partial charge < -0.3 is 19.8 Å². The van der Waals surface area contributed by atoms with Gasteiger partial charge in [0.2, 0.25) is 0 Å². The van der Waals surface area contributed by atoms with Gasteiger partial charge >= 0.3 is 0 Å². The first-order valence-corrected chi connectivity index (χ1v) is 15.9. The van der Waals surface area contributed by atoms with Crippen LogP contribution in [0.2, 0.25) is 0 Å². The van der Waals surface area contributed by atoms with Crippen LogP contribution in [0, 0.1) is 11.3 Å². The summed E-state index contributed by atoms with van der Waals surface area (Å²) in [6.07, 6.45) is 23.5. The van der Waals surface area contributed by atoms with E-state index in [1.54, 1.807) is 0 Å². The molecule has 0 aromatic heterocycles. The molecule has 2 aliphatic heterocycles. The van der Waals surface area contributed by atoms with Crippen LogP contribution in [-0.2, 0) is 4.74 Å². The van der Waals surface area contributed by atoms with Gasteiger partial charge in [0.15, 0.2) is 0 Å². The first kappa shape index (κ1) is 27.5. The van der Waals surface area contributed by atoms with Gasteiger partial charge in [0.25, 0.3) is 0 Å². The number of likely N-dealkylation sites (tertiary alicyclic amines) is 1. The first-order valence-electron chi connectivity index (χ1n) is 15.9. The van der Waals surface area contributed by atoms with Crippen LogP contribution in [0.1, 0.15) is 123 Å². The second-order valence-corrected chi connectivity index (χ2v) is 13.0. The maximum atomic E-state index is 12.0. The van der Waals surface area contributed by atoms with Gasteiger partial charge in [0, 0.05) is 29.4 Å². The summed E-state index contributed by atoms with van der Waals surface area (Å²) in [6.45, 7) is 5.56. The van der Waals surface area contributed by atoms with Crippen LogP contribution in [0.3, 0.4) is 0 Å². The largest absolute Gasteiger partial charge is 0.487 e. The normalized spacial score (nSPS) is 36.2. The minimum absolute atomic E-state index is 0.170. The summed E-state index contributed by atoms with van der Waals surface area (Å²) in [5.41, 5.74) is 2.83. The molecule has 0 amide bonds. The number of aliphatic hydroxyl groups excluding tert-OH is 1. The number of piperidine rings is 1. The summed E-state index contributed by atoms with van der Waals surface area (Å²) < 4.78 is 6.85. The molecule has 208 valence electrons. The maximum Gasteiger partial charge on any atom is 0.138 e. The van der Waals surface area contributed by atoms with E-state index in [-0.39, 0.29) is 11.5 Å². The van der Waals surface area contributed by atoms with E-state index in [2.05, 4.69) is 37.9 Å².